The first kappa shape index (κ1) is 16.2. The zero-order chi connectivity index (χ0) is 15.5. The van der Waals surface area contributed by atoms with Crippen molar-refractivity contribution in [1.82, 2.24) is 9.55 Å². The van der Waals surface area contributed by atoms with Gasteiger partial charge in [-0.05, 0) is 26.7 Å². The zero-order valence-electron chi connectivity index (χ0n) is 12.9. The summed E-state index contributed by atoms with van der Waals surface area (Å²) in [6.07, 6.45) is 3.18. The molecule has 0 saturated carbocycles. The van der Waals surface area contributed by atoms with Gasteiger partial charge in [0, 0.05) is 17.9 Å². The van der Waals surface area contributed by atoms with Crippen LogP contribution in [-0.4, -0.2) is 28.7 Å². The van der Waals surface area contributed by atoms with Crippen LogP contribution in [0.2, 0.25) is 0 Å². The standard InChI is InChI=1S/C14H23N3O3/c1-9(2)10(13(19)20-6)16-11-12(18)17(8-7-15-11)14(3,4)5/h7-10H,1-6H3,(H,15,16). The van der Waals surface area contributed by atoms with E-state index in [1.54, 1.807) is 17.0 Å². The van der Waals surface area contributed by atoms with E-state index < -0.39 is 12.0 Å². The Hall–Kier alpha value is -1.85. The number of hydrogen-bond donors (Lipinski definition) is 1. The molecule has 1 N–H and O–H groups in total. The third kappa shape index (κ3) is 3.59. The van der Waals surface area contributed by atoms with Gasteiger partial charge in [-0.2, -0.15) is 0 Å². The Morgan fingerprint density at radius 1 is 1.40 bits per heavy atom. The molecule has 0 spiro atoms. The fourth-order valence-electron chi connectivity index (χ4n) is 1.81. The lowest BCUT2D eigenvalue weighted by Gasteiger charge is -2.24. The van der Waals surface area contributed by atoms with Gasteiger partial charge in [0.05, 0.1) is 7.11 Å². The third-order valence-corrected chi connectivity index (χ3v) is 2.98. The van der Waals surface area contributed by atoms with Crippen molar-refractivity contribution in [2.75, 3.05) is 12.4 Å². The molecule has 0 aliphatic heterocycles. The van der Waals surface area contributed by atoms with Gasteiger partial charge < -0.3 is 14.6 Å². The minimum Gasteiger partial charge on any atom is -0.467 e. The molecule has 1 aromatic rings. The first-order chi connectivity index (χ1) is 9.18. The number of rotatable bonds is 4. The number of nitrogens with one attached hydrogen (secondary N) is 1. The highest BCUT2D eigenvalue weighted by molar-refractivity contribution is 5.79. The minimum atomic E-state index is -0.601. The second-order valence-electron chi connectivity index (χ2n) is 6.01. The zero-order valence-corrected chi connectivity index (χ0v) is 12.9. The fraction of sp³-hybridized carbons (Fsp3) is 0.643. The van der Waals surface area contributed by atoms with E-state index in [2.05, 4.69) is 10.3 Å². The summed E-state index contributed by atoms with van der Waals surface area (Å²) < 4.78 is 6.33. The molecule has 0 fully saturated rings. The summed E-state index contributed by atoms with van der Waals surface area (Å²) in [5.41, 5.74) is -0.607. The Morgan fingerprint density at radius 2 is 2.00 bits per heavy atom. The van der Waals surface area contributed by atoms with Crippen molar-refractivity contribution in [3.63, 3.8) is 0 Å². The monoisotopic (exact) mass is 281 g/mol. The predicted molar refractivity (Wildman–Crippen MR) is 77.8 cm³/mol. The summed E-state index contributed by atoms with van der Waals surface area (Å²) in [6.45, 7) is 9.54. The van der Waals surface area contributed by atoms with Crippen LogP contribution in [0, 0.1) is 5.92 Å². The number of aromatic nitrogens is 2. The van der Waals surface area contributed by atoms with Crippen LogP contribution < -0.4 is 10.9 Å². The molecule has 6 heteroatoms. The maximum absolute atomic E-state index is 12.4. The van der Waals surface area contributed by atoms with Gasteiger partial charge in [0.2, 0.25) is 0 Å². The van der Waals surface area contributed by atoms with Crippen molar-refractivity contribution < 1.29 is 9.53 Å². The molecule has 0 radical (unpaired) electrons. The van der Waals surface area contributed by atoms with Gasteiger partial charge in [0.15, 0.2) is 5.82 Å². The van der Waals surface area contributed by atoms with Crippen LogP contribution in [0.25, 0.3) is 0 Å². The van der Waals surface area contributed by atoms with E-state index in [0.29, 0.717) is 0 Å². The van der Waals surface area contributed by atoms with E-state index in [0.717, 1.165) is 0 Å². The second kappa shape index (κ2) is 6.07. The molecule has 20 heavy (non-hydrogen) atoms. The first-order valence-corrected chi connectivity index (χ1v) is 6.61. The van der Waals surface area contributed by atoms with Gasteiger partial charge in [-0.25, -0.2) is 9.78 Å². The van der Waals surface area contributed by atoms with Gasteiger partial charge in [-0.1, -0.05) is 13.8 Å². The van der Waals surface area contributed by atoms with Crippen molar-refractivity contribution in [2.45, 2.75) is 46.2 Å². The summed E-state index contributed by atoms with van der Waals surface area (Å²) in [6, 6.07) is -0.601. The molecule has 1 rings (SSSR count). The average Bonchev–Trinajstić information content (AvgIpc) is 2.34. The molecule has 1 unspecified atom stereocenters. The van der Waals surface area contributed by atoms with Gasteiger partial charge in [-0.15, -0.1) is 0 Å². The molecule has 0 bridgehead atoms. The van der Waals surface area contributed by atoms with Gasteiger partial charge in [0.1, 0.15) is 6.04 Å². The predicted octanol–water partition coefficient (Wildman–Crippen LogP) is 1.61. The van der Waals surface area contributed by atoms with Gasteiger partial charge in [-0.3, -0.25) is 4.79 Å². The molecular formula is C14H23N3O3. The van der Waals surface area contributed by atoms with E-state index in [1.807, 2.05) is 34.6 Å². The Bertz CT molecular complexity index is 529. The molecule has 1 aromatic heterocycles. The van der Waals surface area contributed by atoms with Crippen LogP contribution in [0.5, 0.6) is 0 Å². The van der Waals surface area contributed by atoms with Crippen molar-refractivity contribution in [2.24, 2.45) is 5.92 Å². The molecule has 112 valence electrons. The Morgan fingerprint density at radius 3 is 2.45 bits per heavy atom. The Kier molecular flexibility index (Phi) is 4.92. The highest BCUT2D eigenvalue weighted by atomic mass is 16.5. The number of hydrogen-bond acceptors (Lipinski definition) is 5. The highest BCUT2D eigenvalue weighted by Gasteiger charge is 2.25. The molecule has 0 amide bonds. The SMILES string of the molecule is COC(=O)C(Nc1nccn(C(C)(C)C)c1=O)C(C)C. The highest BCUT2D eigenvalue weighted by Crippen LogP contribution is 2.13. The van der Waals surface area contributed by atoms with Crippen molar-refractivity contribution in [3.8, 4) is 0 Å². The molecule has 0 aromatic carbocycles. The number of methoxy groups -OCH3 is 1. The Labute approximate surface area is 119 Å². The number of nitrogens with zero attached hydrogens (tertiary/aromatic N) is 2. The van der Waals surface area contributed by atoms with Gasteiger partial charge >= 0.3 is 5.97 Å². The summed E-state index contributed by atoms with van der Waals surface area (Å²) in [5.74, 6) is -0.272. The second-order valence-corrected chi connectivity index (χ2v) is 6.01. The molecule has 1 heterocycles. The number of carbonyl (C=O) groups excluding carboxylic acids is 1. The average molecular weight is 281 g/mol. The first-order valence-electron chi connectivity index (χ1n) is 6.61. The summed E-state index contributed by atoms with van der Waals surface area (Å²) >= 11 is 0. The lowest BCUT2D eigenvalue weighted by molar-refractivity contribution is -0.142. The lowest BCUT2D eigenvalue weighted by atomic mass is 10.0. The minimum absolute atomic E-state index is 0.0213. The summed E-state index contributed by atoms with van der Waals surface area (Å²) in [7, 11) is 1.32. The van der Waals surface area contributed by atoms with E-state index in [9.17, 15) is 9.59 Å². The largest absolute Gasteiger partial charge is 0.467 e. The Balaban J connectivity index is 3.15. The maximum atomic E-state index is 12.4. The molecular weight excluding hydrogens is 258 g/mol. The number of carbonyl (C=O) groups is 1. The van der Waals surface area contributed by atoms with Crippen LogP contribution in [0.3, 0.4) is 0 Å². The smallest absolute Gasteiger partial charge is 0.328 e. The van der Waals surface area contributed by atoms with E-state index in [4.69, 9.17) is 4.74 Å². The third-order valence-electron chi connectivity index (χ3n) is 2.98. The van der Waals surface area contributed by atoms with Crippen LogP contribution in [0.1, 0.15) is 34.6 Å². The van der Waals surface area contributed by atoms with Crippen LogP contribution in [0.15, 0.2) is 17.2 Å². The summed E-state index contributed by atoms with van der Waals surface area (Å²) in [5, 5.41) is 2.89. The molecule has 1 atom stereocenters. The van der Waals surface area contributed by atoms with Crippen molar-refractivity contribution in [3.05, 3.63) is 22.7 Å². The number of ether oxygens (including phenoxy) is 1. The fourth-order valence-corrected chi connectivity index (χ4v) is 1.81. The van der Waals surface area contributed by atoms with E-state index >= 15 is 0 Å². The van der Waals surface area contributed by atoms with E-state index in [-0.39, 0.29) is 22.8 Å². The topological polar surface area (TPSA) is 73.2 Å². The molecule has 0 aliphatic rings. The number of anilines is 1. The van der Waals surface area contributed by atoms with Crippen molar-refractivity contribution in [1.29, 1.82) is 0 Å². The normalized spacial score (nSPS) is 13.2. The van der Waals surface area contributed by atoms with Crippen LogP contribution >= 0.6 is 0 Å². The van der Waals surface area contributed by atoms with E-state index in [1.165, 1.54) is 7.11 Å². The van der Waals surface area contributed by atoms with Gasteiger partial charge in [0.25, 0.3) is 5.56 Å². The quantitative estimate of drug-likeness (QED) is 0.849. The number of esters is 1. The maximum Gasteiger partial charge on any atom is 0.328 e. The molecule has 6 nitrogen and oxygen atoms in total. The summed E-state index contributed by atoms with van der Waals surface area (Å²) in [4.78, 5) is 28.1. The van der Waals surface area contributed by atoms with Crippen LogP contribution in [0.4, 0.5) is 5.82 Å². The molecule has 0 aliphatic carbocycles. The van der Waals surface area contributed by atoms with Crippen LogP contribution in [-0.2, 0) is 15.1 Å². The van der Waals surface area contributed by atoms with Crippen molar-refractivity contribution >= 4 is 11.8 Å². The molecule has 0 saturated heterocycles. The lowest BCUT2D eigenvalue weighted by Crippen LogP contribution is -2.40.